The summed E-state index contributed by atoms with van der Waals surface area (Å²) in [5, 5.41) is 10.5. The summed E-state index contributed by atoms with van der Waals surface area (Å²) in [6.07, 6.45) is 4.91. The van der Waals surface area contributed by atoms with Crippen LogP contribution in [0.25, 0.3) is 11.6 Å². The first-order valence-corrected chi connectivity index (χ1v) is 8.88. The van der Waals surface area contributed by atoms with Gasteiger partial charge in [0.15, 0.2) is 0 Å². The highest BCUT2D eigenvalue weighted by molar-refractivity contribution is 5.80. The molecule has 2 aromatic carbocycles. The van der Waals surface area contributed by atoms with E-state index in [2.05, 4.69) is 12.7 Å². The summed E-state index contributed by atoms with van der Waals surface area (Å²) in [5.74, 6) is -0.0336. The van der Waals surface area contributed by atoms with Crippen molar-refractivity contribution in [2.45, 2.75) is 33.1 Å². The minimum atomic E-state index is -0.0336. The fraction of sp³-hybridized carbons (Fsp3) is 0.261. The van der Waals surface area contributed by atoms with E-state index in [4.69, 9.17) is 4.74 Å². The molecular weight excluding hydrogens is 308 g/mol. The maximum Gasteiger partial charge on any atom is 0.285 e. The van der Waals surface area contributed by atoms with Gasteiger partial charge in [0.2, 0.25) is 0 Å². The monoisotopic (exact) mass is 334 g/mol. The lowest BCUT2D eigenvalue weighted by Gasteiger charge is -2.13. The standard InChI is InChI=1S/C23H26O2/c1-3-5-14-21(18-17-19-12-8-6-9-13-19)22(23(24)25-4-2)20-15-10-7-11-16-20/h6-13,15-17,24H,3-5,14H2,1-2H3/b23-22+. The lowest BCUT2D eigenvalue weighted by atomic mass is 9.95. The van der Waals surface area contributed by atoms with Gasteiger partial charge in [-0.25, -0.2) is 0 Å². The average Bonchev–Trinajstić information content (AvgIpc) is 2.65. The van der Waals surface area contributed by atoms with Crippen LogP contribution < -0.4 is 0 Å². The molecule has 0 spiro atoms. The summed E-state index contributed by atoms with van der Waals surface area (Å²) in [6, 6.07) is 20.0. The van der Waals surface area contributed by atoms with Crippen molar-refractivity contribution in [1.29, 1.82) is 0 Å². The molecule has 25 heavy (non-hydrogen) atoms. The van der Waals surface area contributed by atoms with Crippen molar-refractivity contribution < 1.29 is 9.84 Å². The predicted octanol–water partition coefficient (Wildman–Crippen LogP) is 6.38. The molecule has 0 saturated heterocycles. The summed E-state index contributed by atoms with van der Waals surface area (Å²) in [5.41, 5.74) is 7.11. The van der Waals surface area contributed by atoms with Crippen molar-refractivity contribution in [2.24, 2.45) is 0 Å². The van der Waals surface area contributed by atoms with Gasteiger partial charge in [-0.3, -0.25) is 0 Å². The number of hydrogen-bond donors (Lipinski definition) is 1. The molecule has 2 heteroatoms. The minimum Gasteiger partial charge on any atom is -0.481 e. The fourth-order valence-corrected chi connectivity index (χ4v) is 2.58. The number of benzene rings is 2. The fourth-order valence-electron chi connectivity index (χ4n) is 2.58. The molecule has 0 saturated carbocycles. The lowest BCUT2D eigenvalue weighted by Crippen LogP contribution is -2.00. The van der Waals surface area contributed by atoms with Crippen LogP contribution >= 0.6 is 0 Å². The zero-order valence-corrected chi connectivity index (χ0v) is 15.0. The number of aliphatic hydroxyl groups excluding tert-OH is 1. The third kappa shape index (κ3) is 5.70. The number of hydrogen-bond acceptors (Lipinski definition) is 2. The Morgan fingerprint density at radius 1 is 1.00 bits per heavy atom. The average molecular weight is 334 g/mol. The van der Waals surface area contributed by atoms with Gasteiger partial charge in [-0.15, -0.1) is 5.73 Å². The molecule has 0 bridgehead atoms. The molecule has 0 fully saturated rings. The maximum absolute atomic E-state index is 10.5. The highest BCUT2D eigenvalue weighted by atomic mass is 16.6. The second-order valence-corrected chi connectivity index (χ2v) is 5.76. The SMILES string of the molecule is CCCCC(=C=Cc1ccccc1)/C(=C(\O)OCC)c1ccccc1. The van der Waals surface area contributed by atoms with Gasteiger partial charge < -0.3 is 9.84 Å². The molecular formula is C23H26O2. The van der Waals surface area contributed by atoms with E-state index in [0.717, 1.165) is 41.5 Å². The van der Waals surface area contributed by atoms with Crippen LogP contribution in [0.2, 0.25) is 0 Å². The summed E-state index contributed by atoms with van der Waals surface area (Å²) >= 11 is 0. The molecule has 0 aliphatic rings. The van der Waals surface area contributed by atoms with Crippen LogP contribution in [-0.4, -0.2) is 11.7 Å². The lowest BCUT2D eigenvalue weighted by molar-refractivity contribution is 0.105. The zero-order valence-electron chi connectivity index (χ0n) is 15.0. The largest absolute Gasteiger partial charge is 0.481 e. The number of unbranched alkanes of at least 4 members (excludes halogenated alkanes) is 1. The Bertz CT molecular complexity index is 736. The molecule has 2 rings (SSSR count). The molecule has 0 atom stereocenters. The van der Waals surface area contributed by atoms with Crippen molar-refractivity contribution >= 4 is 11.6 Å². The van der Waals surface area contributed by atoms with Crippen LogP contribution in [-0.2, 0) is 4.74 Å². The van der Waals surface area contributed by atoms with Gasteiger partial charge in [-0.05, 0) is 37.0 Å². The second-order valence-electron chi connectivity index (χ2n) is 5.76. The van der Waals surface area contributed by atoms with E-state index in [-0.39, 0.29) is 5.95 Å². The Balaban J connectivity index is 2.54. The number of allylic oxidation sites excluding steroid dienone is 2. The molecule has 0 aliphatic carbocycles. The first kappa shape index (κ1) is 18.6. The predicted molar refractivity (Wildman–Crippen MR) is 105 cm³/mol. The Hall–Kier alpha value is -2.70. The van der Waals surface area contributed by atoms with Crippen LogP contribution in [0.15, 0.2) is 77.9 Å². The van der Waals surface area contributed by atoms with Crippen molar-refractivity contribution in [1.82, 2.24) is 0 Å². The number of rotatable bonds is 8. The summed E-state index contributed by atoms with van der Waals surface area (Å²) in [7, 11) is 0. The Kier molecular flexibility index (Phi) is 7.62. The number of aliphatic hydroxyl groups is 1. The Morgan fingerprint density at radius 2 is 1.64 bits per heavy atom. The Labute approximate surface area is 150 Å². The molecule has 0 amide bonds. The third-order valence-electron chi connectivity index (χ3n) is 3.85. The Morgan fingerprint density at radius 3 is 2.24 bits per heavy atom. The van der Waals surface area contributed by atoms with E-state index in [1.807, 2.05) is 73.7 Å². The van der Waals surface area contributed by atoms with Gasteiger partial charge >= 0.3 is 0 Å². The van der Waals surface area contributed by atoms with E-state index in [1.54, 1.807) is 0 Å². The van der Waals surface area contributed by atoms with Crippen molar-refractivity contribution in [3.63, 3.8) is 0 Å². The van der Waals surface area contributed by atoms with Crippen LogP contribution in [0.5, 0.6) is 0 Å². The summed E-state index contributed by atoms with van der Waals surface area (Å²) in [4.78, 5) is 0. The van der Waals surface area contributed by atoms with Crippen molar-refractivity contribution in [3.05, 3.63) is 89.0 Å². The van der Waals surface area contributed by atoms with Crippen LogP contribution in [0.3, 0.4) is 0 Å². The highest BCUT2D eigenvalue weighted by Gasteiger charge is 2.15. The van der Waals surface area contributed by atoms with Gasteiger partial charge in [-0.2, -0.15) is 0 Å². The van der Waals surface area contributed by atoms with E-state index >= 15 is 0 Å². The molecule has 0 heterocycles. The van der Waals surface area contributed by atoms with E-state index in [0.29, 0.717) is 6.61 Å². The molecule has 2 aromatic rings. The van der Waals surface area contributed by atoms with Gasteiger partial charge in [0, 0.05) is 5.57 Å². The minimum absolute atomic E-state index is 0.0336. The maximum atomic E-state index is 10.5. The normalized spacial score (nSPS) is 11.3. The summed E-state index contributed by atoms with van der Waals surface area (Å²) in [6.45, 7) is 4.45. The molecule has 1 N–H and O–H groups in total. The van der Waals surface area contributed by atoms with Crippen molar-refractivity contribution in [3.8, 4) is 0 Å². The topological polar surface area (TPSA) is 29.5 Å². The molecule has 0 aliphatic heterocycles. The summed E-state index contributed by atoms with van der Waals surface area (Å²) < 4.78 is 5.43. The van der Waals surface area contributed by atoms with E-state index in [1.165, 1.54) is 0 Å². The van der Waals surface area contributed by atoms with Crippen LogP contribution in [0.1, 0.15) is 44.2 Å². The van der Waals surface area contributed by atoms with Crippen LogP contribution in [0.4, 0.5) is 0 Å². The third-order valence-corrected chi connectivity index (χ3v) is 3.85. The van der Waals surface area contributed by atoms with Crippen molar-refractivity contribution in [2.75, 3.05) is 6.61 Å². The van der Waals surface area contributed by atoms with Gasteiger partial charge in [0.05, 0.1) is 12.2 Å². The first-order valence-electron chi connectivity index (χ1n) is 8.88. The first-order chi connectivity index (χ1) is 12.3. The van der Waals surface area contributed by atoms with E-state index in [9.17, 15) is 5.11 Å². The van der Waals surface area contributed by atoms with Gasteiger partial charge in [0.25, 0.3) is 5.95 Å². The highest BCUT2D eigenvalue weighted by Crippen LogP contribution is 2.29. The molecule has 0 aromatic heterocycles. The smallest absolute Gasteiger partial charge is 0.285 e. The molecule has 2 nitrogen and oxygen atoms in total. The van der Waals surface area contributed by atoms with Crippen LogP contribution in [0, 0.1) is 0 Å². The van der Waals surface area contributed by atoms with E-state index < -0.39 is 0 Å². The number of ether oxygens (including phenoxy) is 1. The zero-order chi connectivity index (χ0) is 17.9. The molecule has 0 unspecified atom stereocenters. The van der Waals surface area contributed by atoms with Gasteiger partial charge in [0.1, 0.15) is 0 Å². The molecule has 0 radical (unpaired) electrons. The second kappa shape index (κ2) is 10.2. The molecule has 130 valence electrons. The van der Waals surface area contributed by atoms with Gasteiger partial charge in [-0.1, -0.05) is 74.0 Å². The quantitative estimate of drug-likeness (QED) is 0.345.